The highest BCUT2D eigenvalue weighted by atomic mass is 16.5. The molecule has 28 heavy (non-hydrogen) atoms. The summed E-state index contributed by atoms with van der Waals surface area (Å²) >= 11 is 0. The van der Waals surface area contributed by atoms with Crippen molar-refractivity contribution in [2.24, 2.45) is 0 Å². The number of para-hydroxylation sites is 1. The minimum absolute atomic E-state index is 0.335. The van der Waals surface area contributed by atoms with E-state index in [1.165, 1.54) is 24.8 Å². The van der Waals surface area contributed by atoms with E-state index >= 15 is 0 Å². The smallest absolute Gasteiger partial charge is 0.123 e. The molecule has 3 rings (SSSR count). The van der Waals surface area contributed by atoms with E-state index in [-0.39, 0.29) is 0 Å². The molecule has 0 radical (unpaired) electrons. The van der Waals surface area contributed by atoms with E-state index in [2.05, 4.69) is 28.4 Å². The number of nitrogens with one attached hydrogen (secondary N) is 1. The van der Waals surface area contributed by atoms with Crippen molar-refractivity contribution in [2.75, 3.05) is 33.4 Å². The highest BCUT2D eigenvalue weighted by Gasteiger charge is 2.15. The molecule has 0 unspecified atom stereocenters. The van der Waals surface area contributed by atoms with Crippen molar-refractivity contribution in [1.82, 2.24) is 10.2 Å². The first-order chi connectivity index (χ1) is 13.7. The molecule has 0 saturated carbocycles. The van der Waals surface area contributed by atoms with Crippen molar-refractivity contribution in [3.63, 3.8) is 0 Å². The van der Waals surface area contributed by atoms with Gasteiger partial charge >= 0.3 is 0 Å². The van der Waals surface area contributed by atoms with Gasteiger partial charge in [0.1, 0.15) is 24.2 Å². The van der Waals surface area contributed by atoms with Crippen LogP contribution in [0.25, 0.3) is 0 Å². The summed E-state index contributed by atoms with van der Waals surface area (Å²) in [5.41, 5.74) is 2.34. The van der Waals surface area contributed by atoms with Crippen LogP contribution in [0.15, 0.2) is 48.5 Å². The number of likely N-dealkylation sites (tertiary alicyclic amines) is 1. The Kier molecular flexibility index (Phi) is 8.15. The fourth-order valence-corrected chi connectivity index (χ4v) is 3.58. The van der Waals surface area contributed by atoms with Crippen LogP contribution in [0.3, 0.4) is 0 Å². The molecule has 1 saturated heterocycles. The van der Waals surface area contributed by atoms with Gasteiger partial charge in [0.2, 0.25) is 0 Å². The summed E-state index contributed by atoms with van der Waals surface area (Å²) in [5, 5.41) is 13.6. The summed E-state index contributed by atoms with van der Waals surface area (Å²) in [5.74, 6) is 1.70. The molecule has 0 aromatic heterocycles. The van der Waals surface area contributed by atoms with Gasteiger partial charge in [-0.3, -0.25) is 0 Å². The molecule has 152 valence electrons. The number of nitrogens with zero attached hydrogens (tertiary/aromatic N) is 1. The third kappa shape index (κ3) is 6.51. The van der Waals surface area contributed by atoms with Crippen LogP contribution in [-0.4, -0.2) is 49.5 Å². The largest absolute Gasteiger partial charge is 0.496 e. The van der Waals surface area contributed by atoms with Gasteiger partial charge in [0.25, 0.3) is 0 Å². The zero-order valence-corrected chi connectivity index (χ0v) is 16.8. The molecule has 5 heteroatoms. The van der Waals surface area contributed by atoms with Crippen LogP contribution in [0.4, 0.5) is 0 Å². The lowest BCUT2D eigenvalue weighted by Crippen LogP contribution is -2.38. The molecule has 0 spiro atoms. The Morgan fingerprint density at radius 3 is 2.50 bits per heavy atom. The molecule has 1 aliphatic rings. The zero-order valence-electron chi connectivity index (χ0n) is 16.8. The number of hydrogen-bond acceptors (Lipinski definition) is 5. The predicted octanol–water partition coefficient (Wildman–Crippen LogP) is 3.21. The summed E-state index contributed by atoms with van der Waals surface area (Å²) in [6.07, 6.45) is 3.34. The standard InChI is InChI=1S/C23H32N2O3/c1-27-23-8-4-3-7-20(23)16-24-15-19-9-11-22(12-10-19)28-18-21(26)17-25-13-5-2-6-14-25/h3-4,7-12,21,24,26H,2,5-6,13-18H2,1H3/t21-/m1/s1. The molecular weight excluding hydrogens is 352 g/mol. The van der Waals surface area contributed by atoms with E-state index in [1.54, 1.807) is 7.11 Å². The number of aliphatic hydroxyl groups excluding tert-OH is 1. The van der Waals surface area contributed by atoms with Crippen LogP contribution in [0.5, 0.6) is 11.5 Å². The zero-order chi connectivity index (χ0) is 19.6. The number of methoxy groups -OCH3 is 1. The second-order valence-corrected chi connectivity index (χ2v) is 7.39. The van der Waals surface area contributed by atoms with E-state index in [4.69, 9.17) is 9.47 Å². The maximum absolute atomic E-state index is 10.2. The Balaban J connectivity index is 1.38. The normalized spacial score (nSPS) is 15.9. The number of benzene rings is 2. The Bertz CT molecular complexity index is 699. The summed E-state index contributed by atoms with van der Waals surface area (Å²) in [7, 11) is 1.70. The number of rotatable bonds is 10. The summed E-state index contributed by atoms with van der Waals surface area (Å²) < 4.78 is 11.1. The minimum atomic E-state index is -0.444. The summed E-state index contributed by atoms with van der Waals surface area (Å²) in [6, 6.07) is 16.1. The molecule has 1 heterocycles. The second-order valence-electron chi connectivity index (χ2n) is 7.39. The van der Waals surface area contributed by atoms with Crippen molar-refractivity contribution in [2.45, 2.75) is 38.5 Å². The maximum atomic E-state index is 10.2. The van der Waals surface area contributed by atoms with Crippen LogP contribution < -0.4 is 14.8 Å². The third-order valence-corrected chi connectivity index (χ3v) is 5.12. The molecule has 1 aliphatic heterocycles. The topological polar surface area (TPSA) is 54.0 Å². The number of aliphatic hydroxyl groups is 1. The molecular formula is C23H32N2O3. The summed E-state index contributed by atoms with van der Waals surface area (Å²) in [6.45, 7) is 4.74. The van der Waals surface area contributed by atoms with Gasteiger partial charge in [0, 0.05) is 25.2 Å². The van der Waals surface area contributed by atoms with Crippen LogP contribution in [-0.2, 0) is 13.1 Å². The molecule has 0 bridgehead atoms. The van der Waals surface area contributed by atoms with Gasteiger partial charge in [0.05, 0.1) is 7.11 Å². The van der Waals surface area contributed by atoms with Crippen LogP contribution in [0.2, 0.25) is 0 Å². The lowest BCUT2D eigenvalue weighted by atomic mass is 10.1. The fourth-order valence-electron chi connectivity index (χ4n) is 3.58. The van der Waals surface area contributed by atoms with Crippen LogP contribution >= 0.6 is 0 Å². The highest BCUT2D eigenvalue weighted by Crippen LogP contribution is 2.17. The number of hydrogen-bond donors (Lipinski definition) is 2. The molecule has 5 nitrogen and oxygen atoms in total. The van der Waals surface area contributed by atoms with Crippen molar-refractivity contribution in [3.05, 3.63) is 59.7 Å². The summed E-state index contributed by atoms with van der Waals surface area (Å²) in [4.78, 5) is 2.33. The van der Waals surface area contributed by atoms with Gasteiger partial charge < -0.3 is 24.8 Å². The van der Waals surface area contributed by atoms with E-state index in [0.29, 0.717) is 13.2 Å². The van der Waals surface area contributed by atoms with Gasteiger partial charge in [-0.2, -0.15) is 0 Å². The monoisotopic (exact) mass is 384 g/mol. The first kappa shape index (κ1) is 20.6. The van der Waals surface area contributed by atoms with Crippen molar-refractivity contribution in [3.8, 4) is 11.5 Å². The molecule has 2 aromatic carbocycles. The van der Waals surface area contributed by atoms with Crippen LogP contribution in [0.1, 0.15) is 30.4 Å². The minimum Gasteiger partial charge on any atom is -0.496 e. The fraction of sp³-hybridized carbons (Fsp3) is 0.478. The molecule has 1 atom stereocenters. The lowest BCUT2D eigenvalue weighted by molar-refractivity contribution is 0.0617. The Labute approximate surface area is 168 Å². The SMILES string of the molecule is COc1ccccc1CNCc1ccc(OC[C@H](O)CN2CCCCC2)cc1. The maximum Gasteiger partial charge on any atom is 0.123 e. The van der Waals surface area contributed by atoms with Crippen molar-refractivity contribution >= 4 is 0 Å². The van der Waals surface area contributed by atoms with E-state index in [0.717, 1.165) is 43.2 Å². The molecule has 0 aliphatic carbocycles. The Morgan fingerprint density at radius 1 is 1.00 bits per heavy atom. The van der Waals surface area contributed by atoms with E-state index in [9.17, 15) is 5.11 Å². The average Bonchev–Trinajstić information content (AvgIpc) is 2.74. The quantitative estimate of drug-likeness (QED) is 0.659. The van der Waals surface area contributed by atoms with Crippen molar-refractivity contribution in [1.29, 1.82) is 0 Å². The van der Waals surface area contributed by atoms with E-state index < -0.39 is 6.10 Å². The Morgan fingerprint density at radius 2 is 1.75 bits per heavy atom. The number of β-amino-alcohol motifs (C(OH)–C–C–N with tert-alkyl or cyclic N) is 1. The van der Waals surface area contributed by atoms with Crippen LogP contribution in [0, 0.1) is 0 Å². The van der Waals surface area contributed by atoms with Gasteiger partial charge in [-0.15, -0.1) is 0 Å². The number of ether oxygens (including phenoxy) is 2. The molecule has 2 aromatic rings. The van der Waals surface area contributed by atoms with E-state index in [1.807, 2.05) is 30.3 Å². The molecule has 2 N–H and O–H groups in total. The van der Waals surface area contributed by atoms with Gasteiger partial charge in [-0.1, -0.05) is 36.8 Å². The first-order valence-corrected chi connectivity index (χ1v) is 10.2. The van der Waals surface area contributed by atoms with Gasteiger partial charge in [0.15, 0.2) is 0 Å². The second kappa shape index (κ2) is 11.1. The molecule has 1 fully saturated rings. The highest BCUT2D eigenvalue weighted by molar-refractivity contribution is 5.33. The number of piperidine rings is 1. The third-order valence-electron chi connectivity index (χ3n) is 5.12. The van der Waals surface area contributed by atoms with Crippen molar-refractivity contribution < 1.29 is 14.6 Å². The Hall–Kier alpha value is -2.08. The van der Waals surface area contributed by atoms with Gasteiger partial charge in [-0.25, -0.2) is 0 Å². The predicted molar refractivity (Wildman–Crippen MR) is 112 cm³/mol. The lowest BCUT2D eigenvalue weighted by Gasteiger charge is -2.28. The average molecular weight is 385 g/mol. The van der Waals surface area contributed by atoms with Gasteiger partial charge in [-0.05, 0) is 49.7 Å². The first-order valence-electron chi connectivity index (χ1n) is 10.2. The molecule has 0 amide bonds.